The molecule has 1 aromatic heterocycles. The SMILES string of the molecule is CN1C(=O)CO[C@@H]2CN(c3cccc(C#N)n3)CC[C@]21c1ccccc1. The van der Waals surface area contributed by atoms with Crippen LogP contribution in [0.4, 0.5) is 5.82 Å². The van der Waals surface area contributed by atoms with E-state index in [1.165, 1.54) is 0 Å². The highest BCUT2D eigenvalue weighted by Gasteiger charge is 2.52. The van der Waals surface area contributed by atoms with Crippen molar-refractivity contribution in [2.45, 2.75) is 18.1 Å². The number of fused-ring (bicyclic) bond motifs is 1. The molecular weight excluding hydrogens is 328 g/mol. The van der Waals surface area contributed by atoms with Crippen molar-refractivity contribution in [2.24, 2.45) is 0 Å². The molecule has 6 nitrogen and oxygen atoms in total. The number of carbonyl (C=O) groups excluding carboxylic acids is 1. The molecule has 1 aromatic carbocycles. The van der Waals surface area contributed by atoms with Gasteiger partial charge in [0.1, 0.15) is 30.3 Å². The van der Waals surface area contributed by atoms with Gasteiger partial charge in [-0.2, -0.15) is 5.26 Å². The number of anilines is 1. The van der Waals surface area contributed by atoms with Crippen molar-refractivity contribution in [1.82, 2.24) is 9.88 Å². The Morgan fingerprint density at radius 1 is 1.23 bits per heavy atom. The zero-order chi connectivity index (χ0) is 18.1. The number of nitrogens with zero attached hydrogens (tertiary/aromatic N) is 4. The van der Waals surface area contributed by atoms with Crippen LogP contribution in [0, 0.1) is 11.3 Å². The van der Waals surface area contributed by atoms with Gasteiger partial charge in [0.15, 0.2) is 0 Å². The van der Waals surface area contributed by atoms with Crippen LogP contribution in [0.1, 0.15) is 17.7 Å². The van der Waals surface area contributed by atoms with E-state index in [1.807, 2.05) is 42.3 Å². The first-order chi connectivity index (χ1) is 12.6. The number of hydrogen-bond donors (Lipinski definition) is 0. The number of hydrogen-bond acceptors (Lipinski definition) is 5. The number of nitriles is 1. The first kappa shape index (κ1) is 16.6. The summed E-state index contributed by atoms with van der Waals surface area (Å²) >= 11 is 0. The van der Waals surface area contributed by atoms with Gasteiger partial charge >= 0.3 is 0 Å². The summed E-state index contributed by atoms with van der Waals surface area (Å²) < 4.78 is 6.00. The molecule has 1 amide bonds. The van der Waals surface area contributed by atoms with Crippen LogP contribution >= 0.6 is 0 Å². The van der Waals surface area contributed by atoms with E-state index in [0.717, 1.165) is 24.3 Å². The fourth-order valence-electron chi connectivity index (χ4n) is 4.09. The molecule has 0 radical (unpaired) electrons. The van der Waals surface area contributed by atoms with E-state index < -0.39 is 5.54 Å². The summed E-state index contributed by atoms with van der Waals surface area (Å²) in [6.45, 7) is 1.44. The second kappa shape index (κ2) is 6.43. The Balaban J connectivity index is 1.70. The van der Waals surface area contributed by atoms with Gasteiger partial charge in [-0.1, -0.05) is 36.4 Å². The second-order valence-electron chi connectivity index (χ2n) is 6.73. The third-order valence-corrected chi connectivity index (χ3v) is 5.51. The van der Waals surface area contributed by atoms with Gasteiger partial charge < -0.3 is 14.5 Å². The summed E-state index contributed by atoms with van der Waals surface area (Å²) in [4.78, 5) is 20.8. The number of ether oxygens (including phenoxy) is 1. The van der Waals surface area contributed by atoms with E-state index in [0.29, 0.717) is 12.2 Å². The molecule has 26 heavy (non-hydrogen) atoms. The molecule has 2 aliphatic rings. The van der Waals surface area contributed by atoms with Crippen LogP contribution in [-0.4, -0.2) is 48.6 Å². The predicted octanol–water partition coefficient (Wildman–Crippen LogP) is 1.92. The third-order valence-electron chi connectivity index (χ3n) is 5.51. The molecule has 2 aliphatic heterocycles. The number of likely N-dealkylation sites (N-methyl/N-ethyl adjacent to an activating group) is 1. The highest BCUT2D eigenvalue weighted by molar-refractivity contribution is 5.79. The lowest BCUT2D eigenvalue weighted by Gasteiger charge is -2.55. The van der Waals surface area contributed by atoms with Crippen molar-refractivity contribution in [3.05, 3.63) is 59.8 Å². The smallest absolute Gasteiger partial charge is 0.249 e. The Morgan fingerprint density at radius 3 is 2.81 bits per heavy atom. The van der Waals surface area contributed by atoms with E-state index in [2.05, 4.69) is 28.1 Å². The molecule has 132 valence electrons. The van der Waals surface area contributed by atoms with Crippen molar-refractivity contribution in [3.8, 4) is 6.07 Å². The topological polar surface area (TPSA) is 69.5 Å². The minimum atomic E-state index is -0.472. The third kappa shape index (κ3) is 2.52. The molecule has 2 saturated heterocycles. The number of benzene rings is 1. The van der Waals surface area contributed by atoms with Gasteiger partial charge in [-0.3, -0.25) is 4.79 Å². The lowest BCUT2D eigenvalue weighted by Crippen LogP contribution is -2.67. The number of piperidine rings is 1. The Labute approximate surface area is 152 Å². The van der Waals surface area contributed by atoms with E-state index in [9.17, 15) is 4.79 Å². The minimum absolute atomic E-state index is 0.00292. The maximum Gasteiger partial charge on any atom is 0.249 e. The molecule has 0 spiro atoms. The van der Waals surface area contributed by atoms with E-state index in [1.54, 1.807) is 6.07 Å². The quantitative estimate of drug-likeness (QED) is 0.829. The largest absolute Gasteiger partial charge is 0.364 e. The van der Waals surface area contributed by atoms with Crippen molar-refractivity contribution in [1.29, 1.82) is 5.26 Å². The van der Waals surface area contributed by atoms with Crippen LogP contribution < -0.4 is 4.90 Å². The van der Waals surface area contributed by atoms with Gasteiger partial charge in [-0.15, -0.1) is 0 Å². The zero-order valence-corrected chi connectivity index (χ0v) is 14.6. The van der Waals surface area contributed by atoms with Crippen LogP contribution in [0.25, 0.3) is 0 Å². The number of rotatable bonds is 2. The van der Waals surface area contributed by atoms with Gasteiger partial charge in [0, 0.05) is 20.1 Å². The summed E-state index contributed by atoms with van der Waals surface area (Å²) in [5.41, 5.74) is 1.03. The van der Waals surface area contributed by atoms with Gasteiger partial charge in [-0.25, -0.2) is 4.98 Å². The van der Waals surface area contributed by atoms with Gasteiger partial charge in [0.2, 0.25) is 5.91 Å². The zero-order valence-electron chi connectivity index (χ0n) is 14.6. The first-order valence-electron chi connectivity index (χ1n) is 8.71. The summed E-state index contributed by atoms with van der Waals surface area (Å²) in [7, 11) is 1.87. The Kier molecular flexibility index (Phi) is 4.09. The van der Waals surface area contributed by atoms with Crippen molar-refractivity contribution in [2.75, 3.05) is 31.6 Å². The standard InChI is InChI=1S/C20H20N4O2/c1-23-19(25)14-26-17-13-24(18-9-5-8-16(12-21)22-18)11-10-20(17,23)15-6-3-2-4-7-15/h2-9,17H,10-11,13-14H2,1H3/t17-,20+/m1/s1. The van der Waals surface area contributed by atoms with Crippen molar-refractivity contribution >= 4 is 11.7 Å². The Morgan fingerprint density at radius 2 is 2.04 bits per heavy atom. The number of carbonyl (C=O) groups is 1. The van der Waals surface area contributed by atoms with Crippen molar-refractivity contribution < 1.29 is 9.53 Å². The number of morpholine rings is 1. The fraction of sp³-hybridized carbons (Fsp3) is 0.350. The Hall–Kier alpha value is -2.91. The molecule has 2 fully saturated rings. The maximum absolute atomic E-state index is 12.4. The molecular formula is C20H20N4O2. The van der Waals surface area contributed by atoms with Gasteiger partial charge in [-0.05, 0) is 24.1 Å². The average molecular weight is 348 g/mol. The van der Waals surface area contributed by atoms with Crippen LogP contribution in [-0.2, 0) is 15.1 Å². The molecule has 0 saturated carbocycles. The summed E-state index contributed by atoms with van der Waals surface area (Å²) in [5.74, 6) is 0.775. The number of pyridine rings is 1. The lowest BCUT2D eigenvalue weighted by atomic mass is 9.76. The molecule has 0 N–H and O–H groups in total. The maximum atomic E-state index is 12.4. The van der Waals surface area contributed by atoms with Crippen LogP contribution in [0.2, 0.25) is 0 Å². The minimum Gasteiger partial charge on any atom is -0.364 e. The second-order valence-corrected chi connectivity index (χ2v) is 6.73. The molecule has 2 atom stereocenters. The van der Waals surface area contributed by atoms with Gasteiger partial charge in [0.25, 0.3) is 0 Å². The molecule has 0 bridgehead atoms. The highest BCUT2D eigenvalue weighted by atomic mass is 16.5. The van der Waals surface area contributed by atoms with E-state index in [4.69, 9.17) is 10.00 Å². The fourth-order valence-corrected chi connectivity index (χ4v) is 4.09. The van der Waals surface area contributed by atoms with Gasteiger partial charge in [0.05, 0.1) is 5.54 Å². The molecule has 0 aliphatic carbocycles. The number of amides is 1. The highest BCUT2D eigenvalue weighted by Crippen LogP contribution is 2.42. The van der Waals surface area contributed by atoms with E-state index >= 15 is 0 Å². The lowest BCUT2D eigenvalue weighted by molar-refractivity contribution is -0.173. The Bertz CT molecular complexity index is 864. The van der Waals surface area contributed by atoms with Crippen molar-refractivity contribution in [3.63, 3.8) is 0 Å². The average Bonchev–Trinajstić information content (AvgIpc) is 2.71. The van der Waals surface area contributed by atoms with Crippen LogP contribution in [0.3, 0.4) is 0 Å². The van der Waals surface area contributed by atoms with E-state index in [-0.39, 0.29) is 18.6 Å². The summed E-state index contributed by atoms with van der Waals surface area (Å²) in [6.07, 6.45) is 0.580. The molecule has 3 heterocycles. The molecule has 4 rings (SSSR count). The predicted molar refractivity (Wildman–Crippen MR) is 96.4 cm³/mol. The molecule has 0 unspecified atom stereocenters. The van der Waals surface area contributed by atoms with Crippen LogP contribution in [0.5, 0.6) is 0 Å². The first-order valence-corrected chi connectivity index (χ1v) is 8.71. The molecule has 6 heteroatoms. The monoisotopic (exact) mass is 348 g/mol. The molecule has 2 aromatic rings. The summed E-state index contributed by atoms with van der Waals surface area (Å²) in [6, 6.07) is 17.6. The number of aromatic nitrogens is 1. The summed E-state index contributed by atoms with van der Waals surface area (Å²) in [5, 5.41) is 9.10. The van der Waals surface area contributed by atoms with Crippen LogP contribution in [0.15, 0.2) is 48.5 Å². The normalized spacial score (nSPS) is 25.5.